The number of amidine groups is 2. The fourth-order valence-corrected chi connectivity index (χ4v) is 10.9. The number of esters is 2. The summed E-state index contributed by atoms with van der Waals surface area (Å²) in [5.74, 6) is -9.00. The van der Waals surface area contributed by atoms with E-state index in [0.717, 1.165) is 18.6 Å². The molecule has 76 heavy (non-hydrogen) atoms. The number of rotatable bonds is 18. The topological polar surface area (TPSA) is 186 Å². The van der Waals surface area contributed by atoms with E-state index in [1.54, 1.807) is 37.0 Å². The summed E-state index contributed by atoms with van der Waals surface area (Å²) in [5.41, 5.74) is 1.67. The molecular formula is C50H48BrClF6N8O8S2. The van der Waals surface area contributed by atoms with E-state index in [9.17, 15) is 45.5 Å². The summed E-state index contributed by atoms with van der Waals surface area (Å²) in [6, 6.07) is 5.86. The van der Waals surface area contributed by atoms with Crippen molar-refractivity contribution in [2.24, 2.45) is 21.8 Å². The minimum atomic E-state index is -3.03. The molecule has 2 aromatic carbocycles. The second kappa shape index (κ2) is 26.2. The maximum absolute atomic E-state index is 14.7. The Morgan fingerprint density at radius 3 is 1.59 bits per heavy atom. The molecule has 2 aromatic heterocycles. The number of carbonyl (C=O) groups excluding carboxylic acids is 4. The predicted molar refractivity (Wildman–Crippen MR) is 273 cm³/mol. The van der Waals surface area contributed by atoms with Crippen molar-refractivity contribution in [3.63, 3.8) is 0 Å². The lowest BCUT2D eigenvalue weighted by atomic mass is 9.93. The number of benzene rings is 2. The monoisotopic (exact) mass is 1180 g/mol. The van der Waals surface area contributed by atoms with Crippen LogP contribution in [0.3, 0.4) is 0 Å². The number of likely N-dealkylation sites (tertiary alicyclic amines) is 2. The largest absolute Gasteiger partial charge is 0.463 e. The lowest BCUT2D eigenvalue weighted by Crippen LogP contribution is -2.49. The van der Waals surface area contributed by atoms with Gasteiger partial charge in [0.25, 0.3) is 24.8 Å². The van der Waals surface area contributed by atoms with Crippen LogP contribution >= 0.6 is 50.2 Å². The Morgan fingerprint density at radius 2 is 1.18 bits per heavy atom. The molecule has 4 atom stereocenters. The highest BCUT2D eigenvalue weighted by molar-refractivity contribution is 9.10. The van der Waals surface area contributed by atoms with Crippen molar-refractivity contribution in [1.82, 2.24) is 30.4 Å². The zero-order valence-electron chi connectivity index (χ0n) is 40.4. The van der Waals surface area contributed by atoms with Gasteiger partial charge < -0.3 is 29.6 Å². The van der Waals surface area contributed by atoms with Gasteiger partial charge in [0.15, 0.2) is 21.7 Å². The van der Waals surface area contributed by atoms with Gasteiger partial charge in [0.1, 0.15) is 23.7 Å². The third-order valence-electron chi connectivity index (χ3n) is 11.8. The number of aliphatic imine (C=N–C) groups is 2. The Morgan fingerprint density at radius 1 is 0.737 bits per heavy atom. The van der Waals surface area contributed by atoms with Gasteiger partial charge in [-0.1, -0.05) is 39.7 Å². The van der Waals surface area contributed by atoms with Crippen molar-refractivity contribution in [2.45, 2.75) is 50.6 Å². The van der Waals surface area contributed by atoms with Gasteiger partial charge in [-0.25, -0.2) is 45.9 Å². The van der Waals surface area contributed by atoms with Crippen LogP contribution in [0.15, 0.2) is 121 Å². The van der Waals surface area contributed by atoms with Gasteiger partial charge in [-0.2, -0.15) is 0 Å². The number of ether oxygens (including phenoxy) is 4. The molecule has 404 valence electrons. The second-order valence-corrected chi connectivity index (χ2v) is 20.4. The normalized spacial score (nSPS) is 21.7. The van der Waals surface area contributed by atoms with Crippen LogP contribution in [-0.2, 0) is 38.1 Å². The number of nitrogens with zero attached hydrogens (tertiary/aromatic N) is 6. The van der Waals surface area contributed by atoms with E-state index in [4.69, 9.17) is 26.1 Å². The van der Waals surface area contributed by atoms with Crippen molar-refractivity contribution in [2.75, 3.05) is 52.5 Å². The number of thiazole rings is 2. The van der Waals surface area contributed by atoms with Crippen LogP contribution in [-0.4, -0.2) is 121 Å². The average molecular weight is 1180 g/mol. The molecule has 0 spiro atoms. The minimum Gasteiger partial charge on any atom is -0.463 e. The van der Waals surface area contributed by atoms with E-state index in [1.807, 2.05) is 0 Å². The summed E-state index contributed by atoms with van der Waals surface area (Å²) in [6.45, 7) is 3.07. The van der Waals surface area contributed by atoms with Crippen LogP contribution in [0.1, 0.15) is 59.9 Å². The zero-order chi connectivity index (χ0) is 54.6. The van der Waals surface area contributed by atoms with Crippen LogP contribution in [0.4, 0.5) is 26.3 Å². The molecule has 0 saturated carbocycles. The second-order valence-electron chi connectivity index (χ2n) is 17.3. The van der Waals surface area contributed by atoms with E-state index in [2.05, 4.69) is 51.0 Å². The number of piperidine rings is 2. The molecule has 0 aliphatic carbocycles. The highest BCUT2D eigenvalue weighted by Crippen LogP contribution is 2.40. The standard InChI is InChI=1S/C25H24BrF3N4O4S.C25H24ClF3N4O4S/c2*1-2-37-24(35)20-19(12-33-11-15(5-7-36-14-34)10-25(28,29)13-33)31-22(23-30-6-8-38-23)32-21(20)17-4-3-16(27)9-18(17)26/h2*3-9,14-15,21H,2,10-13H2,1H3,(H,31,32)/b2*7-5+. The molecule has 4 aliphatic rings. The van der Waals surface area contributed by atoms with Gasteiger partial charge in [-0.15, -0.1) is 22.7 Å². The number of nitrogens with one attached hydrogen (secondary N) is 2. The van der Waals surface area contributed by atoms with Crippen molar-refractivity contribution < 1.29 is 64.5 Å². The molecule has 0 amide bonds. The van der Waals surface area contributed by atoms with E-state index < -0.39 is 85.3 Å². The van der Waals surface area contributed by atoms with E-state index in [1.165, 1.54) is 75.0 Å². The number of hydrogen-bond donors (Lipinski definition) is 2. The number of hydrogen-bond acceptors (Lipinski definition) is 18. The quantitative estimate of drug-likeness (QED) is 0.0316. The molecule has 4 unspecified atom stereocenters. The SMILES string of the molecule is CCOC(=O)C1=C(CN2CC(/C=C/OC=O)CC(F)(F)C2)NC(c2nccs2)=NC1c1ccc(F)cc1Br.CCOC(=O)C1=C(CN2CC(/C=C/OC=O)CC(F)(F)C2)NC(c2nccs2)=NC1c1ccc(F)cc1Cl. The summed E-state index contributed by atoms with van der Waals surface area (Å²) in [4.78, 5) is 68.3. The molecule has 4 aromatic rings. The Hall–Kier alpha value is -6.25. The van der Waals surface area contributed by atoms with E-state index >= 15 is 0 Å². The summed E-state index contributed by atoms with van der Waals surface area (Å²) >= 11 is 12.3. The summed E-state index contributed by atoms with van der Waals surface area (Å²) in [5, 5.41) is 10.8. The summed E-state index contributed by atoms with van der Waals surface area (Å²) in [6.07, 6.45) is 7.36. The molecule has 2 fully saturated rings. The molecule has 8 rings (SSSR count). The van der Waals surface area contributed by atoms with Gasteiger partial charge in [0.2, 0.25) is 0 Å². The fourth-order valence-electron chi connectivity index (χ4n) is 8.93. The van der Waals surface area contributed by atoms with Crippen molar-refractivity contribution in [1.29, 1.82) is 0 Å². The Bertz CT molecular complexity index is 2730. The molecule has 6 heterocycles. The van der Waals surface area contributed by atoms with Crippen LogP contribution in [0.25, 0.3) is 0 Å². The van der Waals surface area contributed by atoms with Crippen LogP contribution in [0.5, 0.6) is 0 Å². The molecule has 4 aliphatic heterocycles. The van der Waals surface area contributed by atoms with Crippen molar-refractivity contribution in [3.05, 3.63) is 149 Å². The fraction of sp³-hybridized carbons (Fsp3) is 0.360. The average Bonchev–Trinajstić information content (AvgIpc) is 4.10. The van der Waals surface area contributed by atoms with Crippen LogP contribution < -0.4 is 10.6 Å². The zero-order valence-corrected chi connectivity index (χ0v) is 44.4. The van der Waals surface area contributed by atoms with Crippen molar-refractivity contribution >= 4 is 86.8 Å². The van der Waals surface area contributed by atoms with Crippen molar-refractivity contribution in [3.8, 4) is 0 Å². The maximum atomic E-state index is 14.7. The molecule has 2 N–H and O–H groups in total. The number of alkyl halides is 4. The third kappa shape index (κ3) is 15.0. The van der Waals surface area contributed by atoms with Crippen LogP contribution in [0.2, 0.25) is 5.02 Å². The molecule has 0 radical (unpaired) electrons. The van der Waals surface area contributed by atoms with Gasteiger partial charge in [-0.05, 0) is 67.7 Å². The molecular weight excluding hydrogens is 1130 g/mol. The first kappa shape index (κ1) is 57.5. The predicted octanol–water partition coefficient (Wildman–Crippen LogP) is 9.08. The summed E-state index contributed by atoms with van der Waals surface area (Å²) < 4.78 is 107. The highest BCUT2D eigenvalue weighted by atomic mass is 79.9. The molecule has 26 heteroatoms. The lowest BCUT2D eigenvalue weighted by Gasteiger charge is -2.38. The molecule has 16 nitrogen and oxygen atoms in total. The molecule has 2 saturated heterocycles. The van der Waals surface area contributed by atoms with Gasteiger partial charge in [0, 0.05) is 88.6 Å². The number of halogens is 8. The smallest absolute Gasteiger partial charge is 0.338 e. The number of carbonyl (C=O) groups is 4. The Labute approximate surface area is 453 Å². The van der Waals surface area contributed by atoms with Crippen LogP contribution in [0, 0.1) is 23.5 Å². The molecule has 0 bridgehead atoms. The summed E-state index contributed by atoms with van der Waals surface area (Å²) in [7, 11) is 0. The number of aromatic nitrogens is 2. The third-order valence-corrected chi connectivity index (χ3v) is 14.4. The highest BCUT2D eigenvalue weighted by Gasteiger charge is 2.43. The van der Waals surface area contributed by atoms with E-state index in [0.29, 0.717) is 48.7 Å². The first-order valence-corrected chi connectivity index (χ1v) is 26.3. The maximum Gasteiger partial charge on any atom is 0.338 e. The van der Waals surface area contributed by atoms with Gasteiger partial charge >= 0.3 is 11.9 Å². The Kier molecular flexibility index (Phi) is 19.8. The lowest BCUT2D eigenvalue weighted by molar-refractivity contribution is -0.140. The van der Waals surface area contributed by atoms with E-state index in [-0.39, 0.29) is 68.5 Å². The first-order chi connectivity index (χ1) is 36.4. The van der Waals surface area contributed by atoms with Gasteiger partial charge in [0.05, 0.1) is 50.0 Å². The Balaban J connectivity index is 0.000000221. The first-order valence-electron chi connectivity index (χ1n) is 23.3. The van der Waals surface area contributed by atoms with Gasteiger partial charge in [-0.3, -0.25) is 29.4 Å². The minimum absolute atomic E-state index is 0.0465.